The molecule has 7 heteroatoms. The summed E-state index contributed by atoms with van der Waals surface area (Å²) in [7, 11) is 1.34. The van der Waals surface area contributed by atoms with Crippen molar-refractivity contribution in [3.05, 3.63) is 43.5 Å². The molecule has 2 rings (SSSR count). The number of methoxy groups -OCH3 is 1. The average molecular weight is 420 g/mol. The predicted molar refractivity (Wildman–Crippen MR) is 89.5 cm³/mol. The minimum absolute atomic E-state index is 0.473. The number of thiophene rings is 1. The van der Waals surface area contributed by atoms with Crippen molar-refractivity contribution >= 4 is 60.7 Å². The smallest absolute Gasteiger partial charge is 0.411 e. The highest BCUT2D eigenvalue weighted by molar-refractivity contribution is 9.13. The molecule has 0 spiro atoms. The zero-order valence-electron chi connectivity index (χ0n) is 10.6. The number of hydrogen-bond acceptors (Lipinski definition) is 4. The van der Waals surface area contributed by atoms with Gasteiger partial charge in [0.1, 0.15) is 0 Å². The summed E-state index contributed by atoms with van der Waals surface area (Å²) in [6.45, 7) is 0.749. The number of rotatable bonds is 4. The van der Waals surface area contributed by atoms with Crippen LogP contribution in [0.2, 0.25) is 0 Å². The van der Waals surface area contributed by atoms with Gasteiger partial charge < -0.3 is 10.1 Å². The normalized spacial score (nSPS) is 10.2. The molecule has 2 aromatic rings. The van der Waals surface area contributed by atoms with Crippen LogP contribution in [0, 0.1) is 0 Å². The van der Waals surface area contributed by atoms with E-state index in [9.17, 15) is 4.79 Å². The van der Waals surface area contributed by atoms with Gasteiger partial charge in [0.15, 0.2) is 0 Å². The number of halogens is 2. The van der Waals surface area contributed by atoms with E-state index in [2.05, 4.69) is 53.3 Å². The summed E-state index contributed by atoms with van der Waals surface area (Å²) in [5.74, 6) is 0. The first kappa shape index (κ1) is 15.3. The quantitative estimate of drug-likeness (QED) is 0.727. The van der Waals surface area contributed by atoms with Crippen LogP contribution in [0.5, 0.6) is 0 Å². The summed E-state index contributed by atoms with van der Waals surface area (Å²) >= 11 is 8.62. The van der Waals surface area contributed by atoms with Crippen LogP contribution in [0.15, 0.2) is 38.6 Å². The summed E-state index contributed by atoms with van der Waals surface area (Å²) in [5.41, 5.74) is 1.69. The molecule has 0 atom stereocenters. The van der Waals surface area contributed by atoms with Gasteiger partial charge in [0, 0.05) is 27.3 Å². The fraction of sp³-hybridized carbons (Fsp3) is 0.154. The average Bonchev–Trinajstić information content (AvgIpc) is 2.77. The van der Waals surface area contributed by atoms with Crippen molar-refractivity contribution in [2.24, 2.45) is 0 Å². The van der Waals surface area contributed by atoms with Crippen molar-refractivity contribution in [1.29, 1.82) is 0 Å². The van der Waals surface area contributed by atoms with Crippen LogP contribution < -0.4 is 10.6 Å². The van der Waals surface area contributed by atoms with Gasteiger partial charge >= 0.3 is 6.09 Å². The maximum Gasteiger partial charge on any atom is 0.411 e. The molecule has 1 aromatic heterocycles. The van der Waals surface area contributed by atoms with Crippen molar-refractivity contribution in [2.75, 3.05) is 17.7 Å². The van der Waals surface area contributed by atoms with E-state index in [1.54, 1.807) is 11.3 Å². The van der Waals surface area contributed by atoms with Gasteiger partial charge in [-0.3, -0.25) is 5.32 Å². The summed E-state index contributed by atoms with van der Waals surface area (Å²) in [6.07, 6.45) is -0.473. The number of carbonyl (C=O) groups excluding carboxylic acids is 1. The summed E-state index contributed by atoms with van der Waals surface area (Å²) in [4.78, 5) is 12.3. The van der Waals surface area contributed by atoms with E-state index in [4.69, 9.17) is 0 Å². The second-order valence-electron chi connectivity index (χ2n) is 3.88. The Morgan fingerprint density at radius 1 is 1.25 bits per heavy atom. The largest absolute Gasteiger partial charge is 0.453 e. The first-order valence-corrected chi connectivity index (χ1v) is 8.11. The minimum Gasteiger partial charge on any atom is -0.453 e. The van der Waals surface area contributed by atoms with Gasteiger partial charge in [-0.15, -0.1) is 11.3 Å². The maximum absolute atomic E-state index is 11.1. The molecule has 0 aliphatic carbocycles. The molecule has 1 aromatic carbocycles. The highest BCUT2D eigenvalue weighted by Gasteiger charge is 2.04. The van der Waals surface area contributed by atoms with E-state index < -0.39 is 6.09 Å². The van der Waals surface area contributed by atoms with Crippen LogP contribution in [0.1, 0.15) is 4.88 Å². The first-order valence-electron chi connectivity index (χ1n) is 5.71. The van der Waals surface area contributed by atoms with Gasteiger partial charge in [-0.2, -0.15) is 0 Å². The summed E-state index contributed by atoms with van der Waals surface area (Å²) < 4.78 is 6.69. The van der Waals surface area contributed by atoms with Gasteiger partial charge in [-0.25, -0.2) is 4.79 Å². The maximum atomic E-state index is 11.1. The van der Waals surface area contributed by atoms with Crippen molar-refractivity contribution in [2.45, 2.75) is 6.54 Å². The fourth-order valence-electron chi connectivity index (χ4n) is 1.51. The molecule has 2 N–H and O–H groups in total. The molecule has 0 aliphatic heterocycles. The molecule has 0 radical (unpaired) electrons. The zero-order chi connectivity index (χ0) is 14.5. The van der Waals surface area contributed by atoms with Crippen molar-refractivity contribution < 1.29 is 9.53 Å². The van der Waals surface area contributed by atoms with Gasteiger partial charge in [0.2, 0.25) is 0 Å². The minimum atomic E-state index is -0.473. The van der Waals surface area contributed by atoms with Crippen molar-refractivity contribution in [1.82, 2.24) is 0 Å². The molecule has 0 bridgehead atoms. The molecule has 106 valence electrons. The summed E-state index contributed by atoms with van der Waals surface area (Å²) in [6, 6.07) is 9.53. The van der Waals surface area contributed by atoms with Gasteiger partial charge in [0.05, 0.1) is 10.9 Å². The standard InChI is InChI=1S/C13H12Br2N2O2S/c1-19-13(18)17-9-4-2-8(3-5-9)16-7-10-6-11(14)12(15)20-10/h2-6,16H,7H2,1H3,(H,17,18). The summed E-state index contributed by atoms with van der Waals surface area (Å²) in [5, 5.41) is 5.92. The van der Waals surface area contributed by atoms with Gasteiger partial charge in [-0.05, 0) is 62.2 Å². The SMILES string of the molecule is COC(=O)Nc1ccc(NCc2cc(Br)c(Br)s2)cc1. The predicted octanol–water partition coefficient (Wildman–Crippen LogP) is 5.06. The van der Waals surface area contributed by atoms with Crippen LogP contribution >= 0.6 is 43.2 Å². The Morgan fingerprint density at radius 3 is 2.45 bits per heavy atom. The molecule has 1 heterocycles. The molecule has 4 nitrogen and oxygen atoms in total. The molecule has 0 saturated heterocycles. The molecule has 0 fully saturated rings. The number of hydrogen-bond donors (Lipinski definition) is 2. The van der Waals surface area contributed by atoms with Crippen LogP contribution in [0.3, 0.4) is 0 Å². The number of nitrogens with one attached hydrogen (secondary N) is 2. The Labute approximate surface area is 137 Å². The molecule has 0 unspecified atom stereocenters. The van der Waals surface area contributed by atoms with Gasteiger partial charge in [-0.1, -0.05) is 0 Å². The number of anilines is 2. The van der Waals surface area contributed by atoms with Crippen LogP contribution in [-0.2, 0) is 11.3 Å². The number of benzene rings is 1. The third kappa shape index (κ3) is 4.22. The van der Waals surface area contributed by atoms with Gasteiger partial charge in [0.25, 0.3) is 0 Å². The monoisotopic (exact) mass is 418 g/mol. The zero-order valence-corrected chi connectivity index (χ0v) is 14.6. The van der Waals surface area contributed by atoms with E-state index in [-0.39, 0.29) is 0 Å². The molecule has 0 aliphatic rings. The Balaban J connectivity index is 1.92. The topological polar surface area (TPSA) is 50.4 Å². The Hall–Kier alpha value is -1.05. The van der Waals surface area contributed by atoms with Crippen LogP contribution in [0.4, 0.5) is 16.2 Å². The third-order valence-corrected chi connectivity index (χ3v) is 5.74. The lowest BCUT2D eigenvalue weighted by Crippen LogP contribution is -2.10. The number of ether oxygens (including phenoxy) is 1. The molecule has 20 heavy (non-hydrogen) atoms. The second kappa shape index (κ2) is 7.10. The highest BCUT2D eigenvalue weighted by atomic mass is 79.9. The first-order chi connectivity index (χ1) is 9.58. The second-order valence-corrected chi connectivity index (χ2v) is 7.19. The van der Waals surface area contributed by atoms with Crippen LogP contribution in [-0.4, -0.2) is 13.2 Å². The van der Waals surface area contributed by atoms with Crippen LogP contribution in [0.25, 0.3) is 0 Å². The Bertz CT molecular complexity index is 579. The van der Waals surface area contributed by atoms with E-state index in [1.165, 1.54) is 12.0 Å². The number of carbonyl (C=O) groups is 1. The highest BCUT2D eigenvalue weighted by Crippen LogP contribution is 2.32. The van der Waals surface area contributed by atoms with E-state index in [0.29, 0.717) is 5.69 Å². The molecule has 0 saturated carbocycles. The number of amides is 1. The van der Waals surface area contributed by atoms with Crippen molar-refractivity contribution in [3.63, 3.8) is 0 Å². The Morgan fingerprint density at radius 2 is 1.90 bits per heavy atom. The molecule has 1 amide bonds. The lowest BCUT2D eigenvalue weighted by atomic mass is 10.3. The fourth-order valence-corrected chi connectivity index (χ4v) is 3.62. The Kier molecular flexibility index (Phi) is 5.45. The van der Waals surface area contributed by atoms with E-state index >= 15 is 0 Å². The van der Waals surface area contributed by atoms with Crippen molar-refractivity contribution in [3.8, 4) is 0 Å². The van der Waals surface area contributed by atoms with E-state index in [0.717, 1.165) is 20.5 Å². The lowest BCUT2D eigenvalue weighted by Gasteiger charge is -2.07. The van der Waals surface area contributed by atoms with E-state index in [1.807, 2.05) is 24.3 Å². The lowest BCUT2D eigenvalue weighted by molar-refractivity contribution is 0.187. The molecular weight excluding hydrogens is 408 g/mol. The third-order valence-electron chi connectivity index (χ3n) is 2.48. The molecular formula is C13H12Br2N2O2S.